The van der Waals surface area contributed by atoms with Crippen LogP contribution in [-0.4, -0.2) is 23.0 Å². The summed E-state index contributed by atoms with van der Waals surface area (Å²) < 4.78 is 72.9. The van der Waals surface area contributed by atoms with E-state index in [2.05, 4.69) is 46.7 Å². The second-order valence-corrected chi connectivity index (χ2v) is 19.7. The van der Waals surface area contributed by atoms with E-state index in [0.29, 0.717) is 38.9 Å². The van der Waals surface area contributed by atoms with E-state index < -0.39 is 33.6 Å². The smallest absolute Gasteiger partial charge is 0.216 e. The standard InChI is InChI=1S/C26H27N2O.C21H22NSi.Ir/c1-16(2)23-15-27-24(14-20(23)12-18-6-4-5-7-18)19-9-11-25-22(13-19)21-10-8-17(3)28-26(21)29-25;1-23(2,3)21-16-22-20(18-12-8-5-9-13-18)15-19(21)14-17-10-6-4-7-11-17;/h8,10-11,13-16,18H,4-7,12H2,1-3H3;4-12,15-16H,14H2,1-3H3;/q2*-1;/i3D3,12D2,16D;14D2;. The van der Waals surface area contributed by atoms with Crippen LogP contribution in [0.1, 0.15) is 84.3 Å². The number of rotatable bonds is 8. The molecular weight excluding hydrogens is 843 g/mol. The molecule has 1 aliphatic carbocycles. The van der Waals surface area contributed by atoms with Crippen LogP contribution in [0.3, 0.4) is 0 Å². The molecule has 1 fully saturated rings. The first-order valence-electron chi connectivity index (χ1n) is 22.0. The largest absolute Gasteiger partial charge is 0.486 e. The molecular formula is C47H49IrN3OSi-2. The van der Waals surface area contributed by atoms with Gasteiger partial charge in [0, 0.05) is 54.5 Å². The molecule has 7 aromatic rings. The molecule has 4 nitrogen and oxygen atoms in total. The van der Waals surface area contributed by atoms with Crippen LogP contribution >= 0.6 is 0 Å². The molecule has 273 valence electrons. The molecule has 0 bridgehead atoms. The number of furan rings is 1. The summed E-state index contributed by atoms with van der Waals surface area (Å²) in [5, 5.41) is 2.50. The average molecular weight is 900 g/mol. The number of aromatic nitrogens is 3. The Labute approximate surface area is 341 Å². The van der Waals surface area contributed by atoms with Crippen molar-refractivity contribution in [3.63, 3.8) is 0 Å². The van der Waals surface area contributed by atoms with E-state index in [9.17, 15) is 0 Å². The summed E-state index contributed by atoms with van der Waals surface area (Å²) in [5.74, 6) is -1.07. The van der Waals surface area contributed by atoms with E-state index in [0.717, 1.165) is 53.1 Å². The van der Waals surface area contributed by atoms with Crippen LogP contribution in [0.25, 0.3) is 44.6 Å². The van der Waals surface area contributed by atoms with Crippen molar-refractivity contribution >= 4 is 35.3 Å². The van der Waals surface area contributed by atoms with Crippen molar-refractivity contribution in [3.05, 3.63) is 143 Å². The van der Waals surface area contributed by atoms with Gasteiger partial charge < -0.3 is 14.4 Å². The van der Waals surface area contributed by atoms with Gasteiger partial charge in [0.2, 0.25) is 5.71 Å². The van der Waals surface area contributed by atoms with Gasteiger partial charge in [0.1, 0.15) is 0 Å². The molecule has 1 saturated carbocycles. The third-order valence-electron chi connectivity index (χ3n) is 9.45. The molecule has 0 atom stereocenters. The Hall–Kier alpha value is -4.22. The van der Waals surface area contributed by atoms with E-state index in [1.54, 1.807) is 38.2 Å². The van der Waals surface area contributed by atoms with Gasteiger partial charge in [0.15, 0.2) is 0 Å². The Morgan fingerprint density at radius 3 is 2.32 bits per heavy atom. The van der Waals surface area contributed by atoms with Gasteiger partial charge in [-0.3, -0.25) is 0 Å². The molecule has 1 radical (unpaired) electrons. The van der Waals surface area contributed by atoms with Gasteiger partial charge in [-0.05, 0) is 76.8 Å². The molecule has 0 unspecified atom stereocenters. The molecule has 8 rings (SSSR count). The van der Waals surface area contributed by atoms with Crippen LogP contribution in [0.4, 0.5) is 0 Å². The molecule has 0 spiro atoms. The van der Waals surface area contributed by atoms with Crippen molar-refractivity contribution in [1.82, 2.24) is 15.0 Å². The second-order valence-electron chi connectivity index (χ2n) is 14.6. The summed E-state index contributed by atoms with van der Waals surface area (Å²) in [4.78, 5) is 13.4. The van der Waals surface area contributed by atoms with Crippen molar-refractivity contribution < 1.29 is 35.5 Å². The van der Waals surface area contributed by atoms with E-state index in [1.165, 1.54) is 6.07 Å². The number of benzene rings is 3. The van der Waals surface area contributed by atoms with E-state index >= 15 is 0 Å². The molecule has 0 saturated heterocycles. The van der Waals surface area contributed by atoms with Crippen LogP contribution in [0.15, 0.2) is 108 Å². The van der Waals surface area contributed by atoms with Crippen LogP contribution in [0, 0.1) is 24.9 Å². The normalized spacial score (nSPS) is 16.5. The van der Waals surface area contributed by atoms with Crippen molar-refractivity contribution in [2.75, 3.05) is 0 Å². The Balaban J connectivity index is 0.000000212. The molecule has 0 N–H and O–H groups in total. The first-order valence-corrected chi connectivity index (χ1v) is 21.5. The zero-order chi connectivity index (χ0) is 43.3. The molecule has 53 heavy (non-hydrogen) atoms. The predicted molar refractivity (Wildman–Crippen MR) is 219 cm³/mol. The fraction of sp³-hybridized carbons (Fsp3) is 0.298. The monoisotopic (exact) mass is 900 g/mol. The van der Waals surface area contributed by atoms with Gasteiger partial charge in [0.05, 0.1) is 13.7 Å². The predicted octanol–water partition coefficient (Wildman–Crippen LogP) is 11.7. The quantitative estimate of drug-likeness (QED) is 0.113. The fourth-order valence-corrected chi connectivity index (χ4v) is 8.09. The summed E-state index contributed by atoms with van der Waals surface area (Å²) in [5.41, 5.74) is 6.13. The van der Waals surface area contributed by atoms with Gasteiger partial charge in [-0.25, -0.2) is 4.98 Å². The van der Waals surface area contributed by atoms with Crippen LogP contribution in [0.2, 0.25) is 19.6 Å². The fourth-order valence-electron chi connectivity index (χ4n) is 6.69. The molecule has 3 aromatic carbocycles. The van der Waals surface area contributed by atoms with E-state index in [4.69, 9.17) is 15.4 Å². The second kappa shape index (κ2) is 16.8. The minimum Gasteiger partial charge on any atom is -0.486 e. The van der Waals surface area contributed by atoms with Gasteiger partial charge in [0.25, 0.3) is 0 Å². The molecule has 4 heterocycles. The number of fused-ring (bicyclic) bond motifs is 3. The average Bonchev–Trinajstić information content (AvgIpc) is 3.89. The number of nitrogens with zero attached hydrogens (tertiary/aromatic N) is 3. The summed E-state index contributed by atoms with van der Waals surface area (Å²) in [6.45, 7) is 7.87. The van der Waals surface area contributed by atoms with E-state index in [-0.39, 0.29) is 37.4 Å². The first kappa shape index (κ1) is 29.2. The number of aryl methyl sites for hydroxylation is 1. The molecule has 0 aliphatic heterocycles. The minimum absolute atomic E-state index is 0. The van der Waals surface area contributed by atoms with Crippen molar-refractivity contribution in [3.8, 4) is 22.5 Å². The summed E-state index contributed by atoms with van der Waals surface area (Å²) in [6, 6.07) is 33.8. The van der Waals surface area contributed by atoms with Gasteiger partial charge in [-0.15, -0.1) is 59.7 Å². The summed E-state index contributed by atoms with van der Waals surface area (Å²) in [6.07, 6.45) is 4.10. The Kier molecular flexibility index (Phi) is 9.27. The topological polar surface area (TPSA) is 51.8 Å². The maximum atomic E-state index is 9.01. The van der Waals surface area contributed by atoms with Crippen molar-refractivity contribution in [2.45, 2.75) is 84.7 Å². The zero-order valence-electron chi connectivity index (χ0n) is 38.8. The Morgan fingerprint density at radius 2 is 1.60 bits per heavy atom. The molecule has 0 amide bonds. The van der Waals surface area contributed by atoms with Crippen molar-refractivity contribution in [1.29, 1.82) is 0 Å². The van der Waals surface area contributed by atoms with Gasteiger partial charge in [-0.1, -0.05) is 113 Å². The Morgan fingerprint density at radius 1 is 0.868 bits per heavy atom. The third kappa shape index (κ3) is 9.12. The van der Waals surface area contributed by atoms with Crippen LogP contribution in [0.5, 0.6) is 0 Å². The SMILES string of the molecule is [2H]C([2H])([2H])c1ccc2c(n1)oc1c[c-]c(-c3cc(C([2H])([2H])C4CCCC4)c(C([2H])(C)C)cn3)cc12.[2H]C([2H])(c1ccccc1)c1cc(-c2[c-]cccc2)ncc1[Si](C)(C)C.[Ir]. The van der Waals surface area contributed by atoms with Crippen molar-refractivity contribution in [2.24, 2.45) is 5.92 Å². The molecule has 6 heteroatoms. The number of hydrogen-bond acceptors (Lipinski definition) is 4. The van der Waals surface area contributed by atoms with Crippen LogP contribution < -0.4 is 5.19 Å². The maximum Gasteiger partial charge on any atom is 0.216 e. The molecule has 4 aromatic heterocycles. The van der Waals surface area contributed by atoms with Gasteiger partial charge in [-0.2, -0.15) is 0 Å². The maximum absolute atomic E-state index is 9.01. The summed E-state index contributed by atoms with van der Waals surface area (Å²) >= 11 is 0. The summed E-state index contributed by atoms with van der Waals surface area (Å²) in [7, 11) is -1.76. The van der Waals surface area contributed by atoms with Crippen LogP contribution in [-0.2, 0) is 32.9 Å². The van der Waals surface area contributed by atoms with Gasteiger partial charge >= 0.3 is 0 Å². The van der Waals surface area contributed by atoms with E-state index in [1.807, 2.05) is 72.9 Å². The Bertz CT molecular complexity index is 2630. The number of hydrogen-bond donors (Lipinski definition) is 0. The number of pyridine rings is 3. The minimum atomic E-state index is -2.32. The first-order chi connectivity index (χ1) is 28.2. The third-order valence-corrected chi connectivity index (χ3v) is 11.5. The molecule has 1 aliphatic rings. The zero-order valence-corrected chi connectivity index (χ0v) is 34.2.